The van der Waals surface area contributed by atoms with Crippen molar-refractivity contribution in [2.45, 2.75) is 25.4 Å². The quantitative estimate of drug-likeness (QED) is 0.827. The number of carbonyl (C=O) groups is 1. The molecule has 2 aromatic rings. The molecule has 0 aliphatic heterocycles. The molecule has 1 amide bonds. The van der Waals surface area contributed by atoms with Gasteiger partial charge in [0.15, 0.2) is 0 Å². The first kappa shape index (κ1) is 13.5. The minimum Gasteiger partial charge on any atom is -0.467 e. The highest BCUT2D eigenvalue weighted by Gasteiger charge is 2.32. The summed E-state index contributed by atoms with van der Waals surface area (Å²) in [4.78, 5) is 14.3. The normalized spacial score (nSPS) is 14.0. The third kappa shape index (κ3) is 2.86. The number of nitrogens with two attached hydrogens (primary N) is 1. The van der Waals surface area contributed by atoms with Crippen molar-refractivity contribution < 1.29 is 9.21 Å². The van der Waals surface area contributed by atoms with Crippen LogP contribution in [0.15, 0.2) is 41.0 Å². The summed E-state index contributed by atoms with van der Waals surface area (Å²) < 4.78 is 5.45. The summed E-state index contributed by atoms with van der Waals surface area (Å²) in [6.45, 7) is 0.644. The monoisotopic (exact) mass is 285 g/mol. The van der Waals surface area contributed by atoms with Crippen LogP contribution in [0.25, 0.3) is 0 Å². The van der Waals surface area contributed by atoms with Crippen molar-refractivity contribution in [1.29, 1.82) is 0 Å². The molecule has 5 heteroatoms. The number of rotatable bonds is 5. The molecular weight excluding hydrogens is 266 g/mol. The molecular formula is C16H19N3O2. The number of nitrogens with one attached hydrogen (secondary N) is 1. The Morgan fingerprint density at radius 2 is 2.24 bits per heavy atom. The van der Waals surface area contributed by atoms with Crippen molar-refractivity contribution >= 4 is 17.3 Å². The predicted molar refractivity (Wildman–Crippen MR) is 82.2 cm³/mol. The van der Waals surface area contributed by atoms with Crippen LogP contribution in [-0.4, -0.2) is 19.0 Å². The molecule has 0 bridgehead atoms. The fourth-order valence-electron chi connectivity index (χ4n) is 2.48. The molecule has 1 aromatic heterocycles. The summed E-state index contributed by atoms with van der Waals surface area (Å²) in [5.74, 6) is 0.780. The largest absolute Gasteiger partial charge is 0.467 e. The summed E-state index contributed by atoms with van der Waals surface area (Å²) in [6.07, 6.45) is 3.92. The Morgan fingerprint density at radius 3 is 2.86 bits per heavy atom. The molecule has 1 heterocycles. The first-order valence-corrected chi connectivity index (χ1v) is 7.09. The molecule has 0 spiro atoms. The van der Waals surface area contributed by atoms with Gasteiger partial charge in [0.05, 0.1) is 24.1 Å². The second-order valence-corrected chi connectivity index (χ2v) is 5.29. The van der Waals surface area contributed by atoms with Crippen LogP contribution in [0.2, 0.25) is 0 Å². The summed E-state index contributed by atoms with van der Waals surface area (Å²) in [5.41, 5.74) is 8.09. The van der Waals surface area contributed by atoms with Crippen molar-refractivity contribution in [3.63, 3.8) is 0 Å². The fourth-order valence-corrected chi connectivity index (χ4v) is 2.48. The van der Waals surface area contributed by atoms with Gasteiger partial charge in [0.25, 0.3) is 5.91 Å². The topological polar surface area (TPSA) is 71.5 Å². The van der Waals surface area contributed by atoms with Gasteiger partial charge in [0.1, 0.15) is 5.76 Å². The number of amides is 1. The number of furan rings is 1. The third-order valence-electron chi connectivity index (χ3n) is 3.70. The Kier molecular flexibility index (Phi) is 3.56. The van der Waals surface area contributed by atoms with Crippen LogP contribution in [0.4, 0.5) is 11.4 Å². The molecule has 1 aliphatic carbocycles. The van der Waals surface area contributed by atoms with Crippen molar-refractivity contribution in [2.75, 3.05) is 17.7 Å². The van der Waals surface area contributed by atoms with E-state index in [0.717, 1.165) is 24.3 Å². The van der Waals surface area contributed by atoms with Crippen molar-refractivity contribution in [2.24, 2.45) is 0 Å². The van der Waals surface area contributed by atoms with Crippen molar-refractivity contribution in [3.05, 3.63) is 47.9 Å². The van der Waals surface area contributed by atoms with Gasteiger partial charge in [-0.05, 0) is 43.2 Å². The van der Waals surface area contributed by atoms with Gasteiger partial charge in [-0.3, -0.25) is 4.79 Å². The minimum absolute atomic E-state index is 0.102. The van der Waals surface area contributed by atoms with Gasteiger partial charge in [-0.15, -0.1) is 0 Å². The zero-order chi connectivity index (χ0) is 14.8. The van der Waals surface area contributed by atoms with E-state index in [4.69, 9.17) is 10.2 Å². The van der Waals surface area contributed by atoms with E-state index in [1.807, 2.05) is 18.2 Å². The number of nitrogen functional groups attached to an aromatic ring is 1. The van der Waals surface area contributed by atoms with E-state index in [1.54, 1.807) is 25.4 Å². The van der Waals surface area contributed by atoms with Crippen molar-refractivity contribution in [1.82, 2.24) is 5.32 Å². The highest BCUT2D eigenvalue weighted by molar-refractivity contribution is 6.00. The van der Waals surface area contributed by atoms with E-state index >= 15 is 0 Å². The van der Waals surface area contributed by atoms with E-state index in [1.165, 1.54) is 0 Å². The number of hydrogen-bond acceptors (Lipinski definition) is 4. The Hall–Kier alpha value is -2.43. The van der Waals surface area contributed by atoms with Crippen LogP contribution in [0.5, 0.6) is 0 Å². The molecule has 3 N–H and O–H groups in total. The zero-order valence-corrected chi connectivity index (χ0v) is 12.0. The molecule has 1 aliphatic rings. The fraction of sp³-hybridized carbons (Fsp3) is 0.312. The summed E-state index contributed by atoms with van der Waals surface area (Å²) >= 11 is 0. The van der Waals surface area contributed by atoms with Crippen LogP contribution in [-0.2, 0) is 6.54 Å². The maximum absolute atomic E-state index is 12.1. The molecule has 0 saturated heterocycles. The number of nitrogens with zero attached hydrogens (tertiary/aromatic N) is 1. The molecule has 0 unspecified atom stereocenters. The lowest BCUT2D eigenvalue weighted by Crippen LogP contribution is -2.29. The Bertz CT molecular complexity index is 633. The SMILES string of the molecule is CNC(=O)c1ccc(N)cc1N(Cc1ccco1)C1CC1. The minimum atomic E-state index is -0.102. The van der Waals surface area contributed by atoms with Crippen LogP contribution in [0.1, 0.15) is 29.0 Å². The van der Waals surface area contributed by atoms with Gasteiger partial charge in [-0.1, -0.05) is 0 Å². The first-order chi connectivity index (χ1) is 10.2. The number of hydrogen-bond donors (Lipinski definition) is 2. The van der Waals surface area contributed by atoms with Crippen molar-refractivity contribution in [3.8, 4) is 0 Å². The maximum Gasteiger partial charge on any atom is 0.253 e. The van der Waals surface area contributed by atoms with E-state index in [2.05, 4.69) is 10.2 Å². The first-order valence-electron chi connectivity index (χ1n) is 7.09. The van der Waals surface area contributed by atoms with E-state index in [-0.39, 0.29) is 5.91 Å². The Labute approximate surface area is 123 Å². The molecule has 1 aromatic carbocycles. The summed E-state index contributed by atoms with van der Waals surface area (Å²) in [6, 6.07) is 9.67. The van der Waals surface area contributed by atoms with Crippen LogP contribution in [0, 0.1) is 0 Å². The highest BCUT2D eigenvalue weighted by atomic mass is 16.3. The smallest absolute Gasteiger partial charge is 0.253 e. The molecule has 0 atom stereocenters. The van der Waals surface area contributed by atoms with Crippen LogP contribution < -0.4 is 16.0 Å². The number of carbonyl (C=O) groups excluding carboxylic acids is 1. The molecule has 110 valence electrons. The van der Waals surface area contributed by atoms with Gasteiger partial charge in [0.2, 0.25) is 0 Å². The molecule has 21 heavy (non-hydrogen) atoms. The second kappa shape index (κ2) is 5.52. The van der Waals surface area contributed by atoms with Gasteiger partial charge in [-0.25, -0.2) is 0 Å². The number of anilines is 2. The molecule has 1 fully saturated rings. The van der Waals surface area contributed by atoms with Crippen LogP contribution in [0.3, 0.4) is 0 Å². The maximum atomic E-state index is 12.1. The molecule has 5 nitrogen and oxygen atoms in total. The standard InChI is InChI=1S/C16H19N3O2/c1-18-16(20)14-7-4-11(17)9-15(14)19(12-5-6-12)10-13-3-2-8-21-13/h2-4,7-9,12H,5-6,10,17H2,1H3,(H,18,20). The Morgan fingerprint density at radius 1 is 1.43 bits per heavy atom. The molecule has 3 rings (SSSR count). The van der Waals surface area contributed by atoms with E-state index in [0.29, 0.717) is 23.8 Å². The molecule has 1 saturated carbocycles. The lowest BCUT2D eigenvalue weighted by atomic mass is 10.1. The van der Waals surface area contributed by atoms with E-state index < -0.39 is 0 Å². The van der Waals surface area contributed by atoms with Gasteiger partial charge >= 0.3 is 0 Å². The number of benzene rings is 1. The summed E-state index contributed by atoms with van der Waals surface area (Å²) in [5, 5.41) is 2.68. The van der Waals surface area contributed by atoms with E-state index in [9.17, 15) is 4.79 Å². The molecule has 0 radical (unpaired) electrons. The third-order valence-corrected chi connectivity index (χ3v) is 3.70. The average Bonchev–Trinajstić information content (AvgIpc) is 3.20. The lowest BCUT2D eigenvalue weighted by Gasteiger charge is -2.26. The summed E-state index contributed by atoms with van der Waals surface area (Å²) in [7, 11) is 1.64. The predicted octanol–water partition coefficient (Wildman–Crippen LogP) is 2.39. The van der Waals surface area contributed by atoms with Gasteiger partial charge < -0.3 is 20.4 Å². The van der Waals surface area contributed by atoms with Gasteiger partial charge in [0, 0.05) is 18.8 Å². The zero-order valence-electron chi connectivity index (χ0n) is 12.0. The highest BCUT2D eigenvalue weighted by Crippen LogP contribution is 2.36. The van der Waals surface area contributed by atoms with Gasteiger partial charge in [-0.2, -0.15) is 0 Å². The van der Waals surface area contributed by atoms with Crippen LogP contribution >= 0.6 is 0 Å². The Balaban J connectivity index is 1.98. The average molecular weight is 285 g/mol. The second-order valence-electron chi connectivity index (χ2n) is 5.29. The lowest BCUT2D eigenvalue weighted by molar-refractivity contribution is 0.0963.